The number of methoxy groups -OCH3 is 1. The molecule has 0 spiro atoms. The normalized spacial score (nSPS) is 10.5. The molecule has 0 radical (unpaired) electrons. The van der Waals surface area contributed by atoms with E-state index in [-0.39, 0.29) is 16.1 Å². The zero-order valence-corrected chi connectivity index (χ0v) is 12.1. The molecule has 0 aliphatic carbocycles. The Labute approximate surface area is 121 Å². The van der Waals surface area contributed by atoms with Crippen LogP contribution in [0.1, 0.15) is 0 Å². The molecule has 0 atom stereocenters. The van der Waals surface area contributed by atoms with Crippen LogP contribution in [0.15, 0.2) is 22.7 Å². The molecule has 1 aromatic heterocycles. The van der Waals surface area contributed by atoms with Crippen LogP contribution in [0.25, 0.3) is 11.4 Å². The Morgan fingerprint density at radius 1 is 1.22 bits per heavy atom. The van der Waals surface area contributed by atoms with Crippen molar-refractivity contribution in [3.63, 3.8) is 0 Å². The van der Waals surface area contributed by atoms with Crippen LogP contribution in [-0.4, -0.2) is 17.1 Å². The van der Waals surface area contributed by atoms with Gasteiger partial charge in [-0.25, -0.2) is 14.4 Å². The smallest absolute Gasteiger partial charge is 0.165 e. The molecule has 2 aromatic rings. The standard InChI is InChI=1S/C11H6BrCl2FN2O/c1-18-7-4-5(2-3-6(7)15)11-16-9(13)8(12)10(14)17-11/h2-4H,1H3. The number of benzene rings is 1. The third-order valence-electron chi connectivity index (χ3n) is 2.18. The highest BCUT2D eigenvalue weighted by molar-refractivity contribution is 9.10. The minimum atomic E-state index is -0.462. The first-order chi connectivity index (χ1) is 8.52. The average Bonchev–Trinajstić information content (AvgIpc) is 2.36. The van der Waals surface area contributed by atoms with Gasteiger partial charge in [-0.15, -0.1) is 0 Å². The molecular weight excluding hydrogens is 346 g/mol. The van der Waals surface area contributed by atoms with Gasteiger partial charge in [0.05, 0.1) is 11.6 Å². The highest BCUT2D eigenvalue weighted by atomic mass is 79.9. The topological polar surface area (TPSA) is 35.0 Å². The van der Waals surface area contributed by atoms with Gasteiger partial charge < -0.3 is 4.74 Å². The monoisotopic (exact) mass is 350 g/mol. The summed E-state index contributed by atoms with van der Waals surface area (Å²) in [6.45, 7) is 0. The predicted molar refractivity (Wildman–Crippen MR) is 71.7 cm³/mol. The summed E-state index contributed by atoms with van der Waals surface area (Å²) in [7, 11) is 1.38. The summed E-state index contributed by atoms with van der Waals surface area (Å²) in [6, 6.07) is 4.26. The average molecular weight is 352 g/mol. The largest absolute Gasteiger partial charge is 0.494 e. The predicted octanol–water partition coefficient (Wildman–Crippen LogP) is 4.36. The molecule has 0 fully saturated rings. The molecule has 0 saturated carbocycles. The van der Waals surface area contributed by atoms with E-state index in [0.29, 0.717) is 15.9 Å². The molecule has 0 amide bonds. The van der Waals surface area contributed by atoms with Gasteiger partial charge >= 0.3 is 0 Å². The molecule has 0 saturated heterocycles. The Hall–Kier alpha value is -0.910. The Morgan fingerprint density at radius 3 is 2.39 bits per heavy atom. The molecule has 18 heavy (non-hydrogen) atoms. The fraction of sp³-hybridized carbons (Fsp3) is 0.0909. The van der Waals surface area contributed by atoms with Crippen LogP contribution in [0.4, 0.5) is 4.39 Å². The molecule has 1 aromatic carbocycles. The van der Waals surface area contributed by atoms with Crippen LogP contribution in [0.3, 0.4) is 0 Å². The summed E-state index contributed by atoms with van der Waals surface area (Å²) in [5.74, 6) is -0.0617. The summed E-state index contributed by atoms with van der Waals surface area (Å²) < 4.78 is 18.6. The van der Waals surface area contributed by atoms with Crippen molar-refractivity contribution < 1.29 is 9.13 Å². The summed E-state index contributed by atoms with van der Waals surface area (Å²) in [6.07, 6.45) is 0. The van der Waals surface area contributed by atoms with E-state index in [1.54, 1.807) is 0 Å². The van der Waals surface area contributed by atoms with Crippen molar-refractivity contribution in [2.75, 3.05) is 7.11 Å². The first-order valence-electron chi connectivity index (χ1n) is 4.75. The molecule has 1 heterocycles. The van der Waals surface area contributed by atoms with Gasteiger partial charge in [0.1, 0.15) is 10.3 Å². The first-order valence-corrected chi connectivity index (χ1v) is 6.30. The maximum absolute atomic E-state index is 13.3. The minimum absolute atomic E-state index is 0.103. The lowest BCUT2D eigenvalue weighted by molar-refractivity contribution is 0.387. The van der Waals surface area contributed by atoms with Gasteiger partial charge in [-0.2, -0.15) is 0 Å². The van der Waals surface area contributed by atoms with Gasteiger partial charge in [0.25, 0.3) is 0 Å². The van der Waals surface area contributed by atoms with E-state index in [0.717, 1.165) is 0 Å². The molecule has 3 nitrogen and oxygen atoms in total. The van der Waals surface area contributed by atoms with Crippen LogP contribution in [0.5, 0.6) is 5.75 Å². The number of hydrogen-bond acceptors (Lipinski definition) is 3. The molecule has 0 N–H and O–H groups in total. The fourth-order valence-electron chi connectivity index (χ4n) is 1.32. The molecule has 0 aliphatic heterocycles. The van der Waals surface area contributed by atoms with Gasteiger partial charge in [-0.1, -0.05) is 23.2 Å². The van der Waals surface area contributed by atoms with E-state index >= 15 is 0 Å². The molecule has 0 unspecified atom stereocenters. The number of aromatic nitrogens is 2. The zero-order chi connectivity index (χ0) is 13.3. The number of halogens is 4. The van der Waals surface area contributed by atoms with Gasteiger partial charge in [0.2, 0.25) is 0 Å². The second-order valence-corrected chi connectivity index (χ2v) is 4.80. The van der Waals surface area contributed by atoms with E-state index in [4.69, 9.17) is 27.9 Å². The maximum Gasteiger partial charge on any atom is 0.165 e. The molecule has 0 bridgehead atoms. The van der Waals surface area contributed by atoms with Crippen LogP contribution in [0.2, 0.25) is 10.3 Å². The van der Waals surface area contributed by atoms with Crippen molar-refractivity contribution in [2.45, 2.75) is 0 Å². The van der Waals surface area contributed by atoms with Crippen molar-refractivity contribution in [3.8, 4) is 17.1 Å². The highest BCUT2D eigenvalue weighted by Crippen LogP contribution is 2.31. The number of hydrogen-bond donors (Lipinski definition) is 0. The highest BCUT2D eigenvalue weighted by Gasteiger charge is 2.12. The van der Waals surface area contributed by atoms with E-state index < -0.39 is 5.82 Å². The minimum Gasteiger partial charge on any atom is -0.494 e. The van der Waals surface area contributed by atoms with Crippen molar-refractivity contribution in [1.82, 2.24) is 9.97 Å². The lowest BCUT2D eigenvalue weighted by Crippen LogP contribution is -1.94. The van der Waals surface area contributed by atoms with Crippen molar-refractivity contribution in [1.29, 1.82) is 0 Å². The Bertz CT molecular complexity index is 587. The molecule has 0 aliphatic rings. The Kier molecular flexibility index (Phi) is 4.04. The van der Waals surface area contributed by atoms with E-state index in [9.17, 15) is 4.39 Å². The van der Waals surface area contributed by atoms with Gasteiger partial charge in [0.15, 0.2) is 17.4 Å². The summed E-state index contributed by atoms with van der Waals surface area (Å²) in [5, 5.41) is 0.376. The maximum atomic E-state index is 13.3. The Balaban J connectivity index is 2.55. The zero-order valence-electron chi connectivity index (χ0n) is 9.05. The lowest BCUT2D eigenvalue weighted by Gasteiger charge is -2.06. The summed E-state index contributed by atoms with van der Waals surface area (Å²) in [4.78, 5) is 8.11. The van der Waals surface area contributed by atoms with Crippen molar-refractivity contribution >= 4 is 39.1 Å². The first kappa shape index (κ1) is 13.5. The van der Waals surface area contributed by atoms with E-state index in [1.165, 1.54) is 25.3 Å². The summed E-state index contributed by atoms with van der Waals surface area (Å²) in [5.41, 5.74) is 0.560. The number of nitrogens with zero attached hydrogens (tertiary/aromatic N) is 2. The molecule has 7 heteroatoms. The second-order valence-electron chi connectivity index (χ2n) is 3.29. The van der Waals surface area contributed by atoms with Gasteiger partial charge in [-0.3, -0.25) is 0 Å². The van der Waals surface area contributed by atoms with E-state index in [2.05, 4.69) is 25.9 Å². The third kappa shape index (κ3) is 2.58. The fourth-order valence-corrected chi connectivity index (χ4v) is 1.89. The lowest BCUT2D eigenvalue weighted by atomic mass is 10.2. The van der Waals surface area contributed by atoms with Gasteiger partial charge in [0, 0.05) is 5.56 Å². The van der Waals surface area contributed by atoms with Crippen molar-refractivity contribution in [3.05, 3.63) is 38.8 Å². The quantitative estimate of drug-likeness (QED) is 0.754. The molecule has 2 rings (SSSR count). The Morgan fingerprint density at radius 2 is 1.83 bits per heavy atom. The van der Waals surface area contributed by atoms with Crippen LogP contribution in [-0.2, 0) is 0 Å². The third-order valence-corrected chi connectivity index (χ3v) is 3.93. The van der Waals surface area contributed by atoms with Gasteiger partial charge in [-0.05, 0) is 34.1 Å². The van der Waals surface area contributed by atoms with Crippen molar-refractivity contribution in [2.24, 2.45) is 0 Å². The van der Waals surface area contributed by atoms with E-state index in [1.807, 2.05) is 0 Å². The van der Waals surface area contributed by atoms with Crippen LogP contribution in [0, 0.1) is 5.82 Å². The summed E-state index contributed by atoms with van der Waals surface area (Å²) >= 11 is 14.9. The van der Waals surface area contributed by atoms with Crippen LogP contribution >= 0.6 is 39.1 Å². The molecule has 94 valence electrons. The van der Waals surface area contributed by atoms with Crippen LogP contribution < -0.4 is 4.74 Å². The number of ether oxygens (including phenoxy) is 1. The number of rotatable bonds is 2. The molecular formula is C11H6BrCl2FN2O. The SMILES string of the molecule is COc1cc(-c2nc(Cl)c(Br)c(Cl)n2)ccc1F. The second kappa shape index (κ2) is 5.38.